The Bertz CT molecular complexity index is 1390. The summed E-state index contributed by atoms with van der Waals surface area (Å²) < 4.78 is 16.8. The van der Waals surface area contributed by atoms with Crippen LogP contribution in [0.5, 0.6) is 0 Å². The summed E-state index contributed by atoms with van der Waals surface area (Å²) in [4.78, 5) is 38.2. The van der Waals surface area contributed by atoms with Crippen LogP contribution in [0.3, 0.4) is 0 Å². The van der Waals surface area contributed by atoms with E-state index in [4.69, 9.17) is 14.2 Å². The quantitative estimate of drug-likeness (QED) is 0.0261. The van der Waals surface area contributed by atoms with Gasteiger partial charge in [0.15, 0.2) is 6.10 Å². The SMILES string of the molecule is CC/C=C\C/C=C\C/C=C\C/C=C\C/C=C\CCCC(=O)OC(COC(=O)CCCCCCC/C=C\CCCC)COC(=O)CCCCCCCCCCCCCCCCCCCCCCCCCCCCCCC. The van der Waals surface area contributed by atoms with Gasteiger partial charge in [-0.2, -0.15) is 0 Å². The molecule has 0 aliphatic carbocycles. The van der Waals surface area contributed by atoms with E-state index in [-0.39, 0.29) is 37.5 Å². The molecule has 75 heavy (non-hydrogen) atoms. The second kappa shape index (κ2) is 63.4. The molecule has 434 valence electrons. The maximum Gasteiger partial charge on any atom is 0.306 e. The Labute approximate surface area is 465 Å². The van der Waals surface area contributed by atoms with Crippen molar-refractivity contribution in [2.45, 2.75) is 335 Å². The number of rotatable bonds is 59. The molecule has 0 N–H and O–H groups in total. The third-order valence-corrected chi connectivity index (χ3v) is 14.2. The van der Waals surface area contributed by atoms with Gasteiger partial charge in [-0.25, -0.2) is 0 Å². The monoisotopic (exact) mass is 1050 g/mol. The van der Waals surface area contributed by atoms with Gasteiger partial charge < -0.3 is 14.2 Å². The highest BCUT2D eigenvalue weighted by atomic mass is 16.6. The van der Waals surface area contributed by atoms with Gasteiger partial charge in [0.2, 0.25) is 0 Å². The van der Waals surface area contributed by atoms with E-state index in [2.05, 4.69) is 93.7 Å². The predicted molar refractivity (Wildman–Crippen MR) is 325 cm³/mol. The highest BCUT2D eigenvalue weighted by Gasteiger charge is 2.19. The van der Waals surface area contributed by atoms with Crippen LogP contribution in [0.4, 0.5) is 0 Å². The molecule has 0 fully saturated rings. The van der Waals surface area contributed by atoms with Crippen LogP contribution in [-0.4, -0.2) is 37.2 Å². The van der Waals surface area contributed by atoms with Crippen LogP contribution in [0, 0.1) is 0 Å². The smallest absolute Gasteiger partial charge is 0.306 e. The van der Waals surface area contributed by atoms with E-state index in [1.165, 1.54) is 193 Å². The Balaban J connectivity index is 4.20. The maximum absolute atomic E-state index is 12.8. The average Bonchev–Trinajstić information content (AvgIpc) is 3.41. The van der Waals surface area contributed by atoms with Gasteiger partial charge in [0.25, 0.3) is 0 Å². The number of ether oxygens (including phenoxy) is 3. The van der Waals surface area contributed by atoms with Crippen LogP contribution in [-0.2, 0) is 28.6 Å². The number of esters is 3. The lowest BCUT2D eigenvalue weighted by atomic mass is 10.0. The molecule has 1 atom stereocenters. The largest absolute Gasteiger partial charge is 0.462 e. The van der Waals surface area contributed by atoms with Gasteiger partial charge in [-0.3, -0.25) is 14.4 Å². The molecule has 0 aliphatic heterocycles. The van der Waals surface area contributed by atoms with Gasteiger partial charge in [0.1, 0.15) is 13.2 Å². The molecule has 0 bridgehead atoms. The third kappa shape index (κ3) is 61.6. The number of carbonyl (C=O) groups is 3. The molecule has 0 aliphatic rings. The van der Waals surface area contributed by atoms with Gasteiger partial charge in [-0.05, 0) is 77.0 Å². The highest BCUT2D eigenvalue weighted by Crippen LogP contribution is 2.18. The first kappa shape index (κ1) is 71.8. The molecule has 0 rings (SSSR count). The van der Waals surface area contributed by atoms with Crippen molar-refractivity contribution in [1.82, 2.24) is 0 Å². The second-order valence-electron chi connectivity index (χ2n) is 21.6. The van der Waals surface area contributed by atoms with Crippen molar-refractivity contribution in [3.63, 3.8) is 0 Å². The van der Waals surface area contributed by atoms with E-state index in [1.807, 2.05) is 0 Å². The minimum Gasteiger partial charge on any atom is -0.462 e. The van der Waals surface area contributed by atoms with Gasteiger partial charge in [-0.1, -0.05) is 306 Å². The summed E-state index contributed by atoms with van der Waals surface area (Å²) in [5.41, 5.74) is 0. The van der Waals surface area contributed by atoms with Crippen molar-refractivity contribution in [3.8, 4) is 0 Å². The summed E-state index contributed by atoms with van der Waals surface area (Å²) >= 11 is 0. The van der Waals surface area contributed by atoms with Crippen molar-refractivity contribution < 1.29 is 28.6 Å². The zero-order chi connectivity index (χ0) is 54.3. The van der Waals surface area contributed by atoms with Gasteiger partial charge in [-0.15, -0.1) is 0 Å². The fourth-order valence-corrected chi connectivity index (χ4v) is 9.34. The molecule has 0 aromatic rings. The molecule has 0 heterocycles. The molecule has 1 unspecified atom stereocenters. The van der Waals surface area contributed by atoms with Crippen LogP contribution in [0.2, 0.25) is 0 Å². The molecule has 6 nitrogen and oxygen atoms in total. The third-order valence-electron chi connectivity index (χ3n) is 14.2. The lowest BCUT2D eigenvalue weighted by molar-refractivity contribution is -0.167. The van der Waals surface area contributed by atoms with Crippen molar-refractivity contribution in [2.24, 2.45) is 0 Å². The lowest BCUT2D eigenvalue weighted by Crippen LogP contribution is -2.30. The first-order valence-electron chi connectivity index (χ1n) is 32.4. The summed E-state index contributed by atoms with van der Waals surface area (Å²) in [6.45, 7) is 6.47. The van der Waals surface area contributed by atoms with E-state index in [0.717, 1.165) is 89.9 Å². The van der Waals surface area contributed by atoms with E-state index < -0.39 is 6.10 Å². The Morgan fingerprint density at radius 2 is 0.547 bits per heavy atom. The standard InChI is InChI=1S/C69H122O6/c1-4-7-10-13-16-19-22-24-26-28-29-30-31-32-33-34-35-36-37-38-39-41-42-44-47-50-53-56-59-62-68(71)74-65-66(64-73-67(70)61-58-55-52-49-46-21-18-15-12-9-6-3)75-69(72)63-60-57-54-51-48-45-43-40-27-25-23-20-17-14-11-8-5-2/h8,11,15,17-18,20,25,27,43,45,51,54,66H,4-7,9-10,12-14,16,19,21-24,26,28-42,44,46-50,52-53,55-65H2,1-3H3/b11-8-,18-15-,20-17-,27-25-,45-43-,54-51-. The first-order chi connectivity index (χ1) is 37.0. The summed E-state index contributed by atoms with van der Waals surface area (Å²) in [6, 6.07) is 0. The fraction of sp³-hybridized carbons (Fsp3) is 0.783. The normalized spacial score (nSPS) is 12.5. The van der Waals surface area contributed by atoms with Gasteiger partial charge in [0, 0.05) is 19.3 Å². The number of unbranched alkanes of at least 4 members (excludes halogenated alkanes) is 36. The lowest BCUT2D eigenvalue weighted by Gasteiger charge is -2.18. The van der Waals surface area contributed by atoms with Crippen molar-refractivity contribution in [3.05, 3.63) is 72.9 Å². The van der Waals surface area contributed by atoms with Crippen LogP contribution in [0.1, 0.15) is 329 Å². The minimum atomic E-state index is -0.807. The summed E-state index contributed by atoms with van der Waals surface area (Å²) in [5, 5.41) is 0. The van der Waals surface area contributed by atoms with E-state index >= 15 is 0 Å². The zero-order valence-corrected chi connectivity index (χ0v) is 49.8. The van der Waals surface area contributed by atoms with Crippen LogP contribution < -0.4 is 0 Å². The maximum atomic E-state index is 12.8. The average molecular weight is 1050 g/mol. The summed E-state index contributed by atoms with van der Waals surface area (Å²) in [7, 11) is 0. The fourth-order valence-electron chi connectivity index (χ4n) is 9.34. The molecule has 0 spiro atoms. The zero-order valence-electron chi connectivity index (χ0n) is 49.8. The van der Waals surface area contributed by atoms with E-state index in [0.29, 0.717) is 19.3 Å². The number of hydrogen-bond acceptors (Lipinski definition) is 6. The topological polar surface area (TPSA) is 78.9 Å². The van der Waals surface area contributed by atoms with E-state index in [9.17, 15) is 14.4 Å². The highest BCUT2D eigenvalue weighted by molar-refractivity contribution is 5.71. The molecule has 0 aromatic heterocycles. The molecular weight excluding hydrogens is 925 g/mol. The van der Waals surface area contributed by atoms with Crippen LogP contribution in [0.15, 0.2) is 72.9 Å². The Morgan fingerprint density at radius 3 is 0.907 bits per heavy atom. The molecule has 0 radical (unpaired) electrons. The van der Waals surface area contributed by atoms with Gasteiger partial charge >= 0.3 is 17.9 Å². The summed E-state index contributed by atoms with van der Waals surface area (Å²) in [6.07, 6.45) is 82.3. The Morgan fingerprint density at radius 1 is 0.280 bits per heavy atom. The molecule has 0 saturated carbocycles. The first-order valence-corrected chi connectivity index (χ1v) is 32.4. The number of hydrogen-bond donors (Lipinski definition) is 0. The molecule has 6 heteroatoms. The Hall–Kier alpha value is -3.15. The van der Waals surface area contributed by atoms with Crippen LogP contribution in [0.25, 0.3) is 0 Å². The molecular formula is C69H122O6. The number of carbonyl (C=O) groups excluding carboxylic acids is 3. The molecule has 0 amide bonds. The summed E-state index contributed by atoms with van der Waals surface area (Å²) in [5.74, 6) is -0.955. The van der Waals surface area contributed by atoms with Crippen molar-refractivity contribution in [2.75, 3.05) is 13.2 Å². The Kier molecular flexibility index (Phi) is 60.7. The molecule has 0 aromatic carbocycles. The van der Waals surface area contributed by atoms with Crippen molar-refractivity contribution >= 4 is 17.9 Å². The van der Waals surface area contributed by atoms with Crippen molar-refractivity contribution in [1.29, 1.82) is 0 Å². The minimum absolute atomic E-state index is 0.0981. The van der Waals surface area contributed by atoms with E-state index in [1.54, 1.807) is 0 Å². The predicted octanol–water partition coefficient (Wildman–Crippen LogP) is 22.1. The van der Waals surface area contributed by atoms with Gasteiger partial charge in [0.05, 0.1) is 0 Å². The second-order valence-corrected chi connectivity index (χ2v) is 21.6. The molecule has 0 saturated heterocycles. The van der Waals surface area contributed by atoms with Crippen LogP contribution >= 0.6 is 0 Å². The number of allylic oxidation sites excluding steroid dienone is 12.